The summed E-state index contributed by atoms with van der Waals surface area (Å²) in [5.41, 5.74) is -0.989. The van der Waals surface area contributed by atoms with E-state index >= 15 is 0 Å². The minimum Gasteiger partial charge on any atom is -0.350 e. The molecule has 1 aromatic rings. The van der Waals surface area contributed by atoms with E-state index in [-0.39, 0.29) is 30.2 Å². The Labute approximate surface area is 144 Å². The second-order valence-corrected chi connectivity index (χ2v) is 6.95. The van der Waals surface area contributed by atoms with Gasteiger partial charge in [0.05, 0.1) is 23.7 Å². The molecule has 1 aliphatic rings. The summed E-state index contributed by atoms with van der Waals surface area (Å²) in [5, 5.41) is 13.9. The number of nitro groups is 1. The summed E-state index contributed by atoms with van der Waals surface area (Å²) in [6.07, 6.45) is 0. The second-order valence-electron chi connectivity index (χ2n) is 6.95. The molecule has 0 aromatic heterocycles. The number of carbonyl (C=O) groups excluding carboxylic acids is 3. The van der Waals surface area contributed by atoms with E-state index in [4.69, 9.17) is 0 Å². The number of fused-ring (bicyclic) bond motifs is 1. The Morgan fingerprint density at radius 2 is 1.92 bits per heavy atom. The molecule has 1 aliphatic heterocycles. The van der Waals surface area contributed by atoms with Gasteiger partial charge in [0.25, 0.3) is 17.5 Å². The number of carbonyl (C=O) groups is 3. The highest BCUT2D eigenvalue weighted by Crippen LogP contribution is 2.30. The Balaban J connectivity index is 2.13. The number of benzene rings is 1. The number of nitrogens with one attached hydrogen (secondary N) is 1. The van der Waals surface area contributed by atoms with Gasteiger partial charge >= 0.3 is 0 Å². The third kappa shape index (κ3) is 4.00. The lowest BCUT2D eigenvalue weighted by molar-refractivity contribution is -0.385. The second kappa shape index (κ2) is 6.60. The van der Waals surface area contributed by atoms with Gasteiger partial charge in [-0.05, 0) is 33.9 Å². The molecule has 0 saturated carbocycles. The monoisotopic (exact) mass is 348 g/mol. The SMILES string of the molecule is CN(CC(=O)NC(C)(C)C)CN1C(=O)c2cccc([N+](=O)[O-])c2C1=O. The van der Waals surface area contributed by atoms with Crippen LogP contribution in [0.3, 0.4) is 0 Å². The van der Waals surface area contributed by atoms with Crippen LogP contribution >= 0.6 is 0 Å². The molecule has 0 fully saturated rings. The summed E-state index contributed by atoms with van der Waals surface area (Å²) < 4.78 is 0. The predicted octanol–water partition coefficient (Wildman–Crippen LogP) is 0.995. The minimum absolute atomic E-state index is 0.00624. The van der Waals surface area contributed by atoms with Crippen LogP contribution in [0, 0.1) is 10.1 Å². The van der Waals surface area contributed by atoms with Crippen molar-refractivity contribution in [1.29, 1.82) is 0 Å². The number of hydrogen-bond acceptors (Lipinski definition) is 6. The first-order chi connectivity index (χ1) is 11.5. The Bertz CT molecular complexity index is 753. The quantitative estimate of drug-likeness (QED) is 0.482. The van der Waals surface area contributed by atoms with Gasteiger partial charge in [-0.2, -0.15) is 0 Å². The van der Waals surface area contributed by atoms with Gasteiger partial charge in [0, 0.05) is 11.6 Å². The maximum atomic E-state index is 12.5. The minimum atomic E-state index is -0.727. The lowest BCUT2D eigenvalue weighted by Crippen LogP contribution is -2.48. The van der Waals surface area contributed by atoms with Crippen LogP contribution in [0.1, 0.15) is 41.5 Å². The van der Waals surface area contributed by atoms with Gasteiger partial charge in [-0.3, -0.25) is 34.3 Å². The molecule has 1 heterocycles. The van der Waals surface area contributed by atoms with Gasteiger partial charge < -0.3 is 5.32 Å². The zero-order valence-corrected chi connectivity index (χ0v) is 14.5. The number of nitrogens with zero attached hydrogens (tertiary/aromatic N) is 3. The number of hydrogen-bond donors (Lipinski definition) is 1. The third-order valence-corrected chi connectivity index (χ3v) is 3.48. The topological polar surface area (TPSA) is 113 Å². The molecular weight excluding hydrogens is 328 g/mol. The molecule has 1 aromatic carbocycles. The Kier molecular flexibility index (Phi) is 4.89. The summed E-state index contributed by atoms with van der Waals surface area (Å²) in [6, 6.07) is 3.94. The van der Waals surface area contributed by atoms with E-state index in [0.29, 0.717) is 0 Å². The average Bonchev–Trinajstić information content (AvgIpc) is 2.70. The van der Waals surface area contributed by atoms with Crippen molar-refractivity contribution in [3.05, 3.63) is 39.4 Å². The lowest BCUT2D eigenvalue weighted by atomic mass is 10.1. The van der Waals surface area contributed by atoms with Crippen molar-refractivity contribution < 1.29 is 19.3 Å². The van der Waals surface area contributed by atoms with E-state index in [1.165, 1.54) is 23.1 Å². The van der Waals surface area contributed by atoms with Crippen LogP contribution in [0.25, 0.3) is 0 Å². The molecule has 0 aliphatic carbocycles. The molecule has 0 bridgehead atoms. The maximum absolute atomic E-state index is 12.5. The Morgan fingerprint density at radius 1 is 1.28 bits per heavy atom. The molecule has 0 unspecified atom stereocenters. The van der Waals surface area contributed by atoms with E-state index in [0.717, 1.165) is 4.90 Å². The van der Waals surface area contributed by atoms with Gasteiger partial charge in [-0.1, -0.05) is 6.07 Å². The van der Waals surface area contributed by atoms with E-state index in [1.807, 2.05) is 20.8 Å². The highest BCUT2D eigenvalue weighted by molar-refractivity contribution is 6.23. The van der Waals surface area contributed by atoms with Crippen molar-refractivity contribution >= 4 is 23.4 Å². The Hall–Kier alpha value is -2.81. The molecule has 0 spiro atoms. The summed E-state index contributed by atoms with van der Waals surface area (Å²) in [5.74, 6) is -1.58. The predicted molar refractivity (Wildman–Crippen MR) is 89.0 cm³/mol. The van der Waals surface area contributed by atoms with Crippen LogP contribution in [0.4, 0.5) is 5.69 Å². The zero-order valence-electron chi connectivity index (χ0n) is 14.5. The van der Waals surface area contributed by atoms with E-state index in [9.17, 15) is 24.5 Å². The third-order valence-electron chi connectivity index (χ3n) is 3.48. The van der Waals surface area contributed by atoms with E-state index < -0.39 is 28.0 Å². The fraction of sp³-hybridized carbons (Fsp3) is 0.438. The van der Waals surface area contributed by atoms with Crippen LogP contribution in [-0.4, -0.2) is 58.2 Å². The highest BCUT2D eigenvalue weighted by Gasteiger charge is 2.41. The number of rotatable bonds is 5. The van der Waals surface area contributed by atoms with Gasteiger partial charge in [0.15, 0.2) is 0 Å². The molecule has 134 valence electrons. The number of imide groups is 1. The smallest absolute Gasteiger partial charge is 0.282 e. The molecule has 25 heavy (non-hydrogen) atoms. The lowest BCUT2D eigenvalue weighted by Gasteiger charge is -2.25. The van der Waals surface area contributed by atoms with Gasteiger partial charge in [-0.25, -0.2) is 0 Å². The Morgan fingerprint density at radius 3 is 2.48 bits per heavy atom. The van der Waals surface area contributed by atoms with E-state index in [1.54, 1.807) is 7.05 Å². The molecule has 9 nitrogen and oxygen atoms in total. The average molecular weight is 348 g/mol. The van der Waals surface area contributed by atoms with Crippen molar-refractivity contribution in [3.63, 3.8) is 0 Å². The first kappa shape index (κ1) is 18.5. The van der Waals surface area contributed by atoms with Crippen molar-refractivity contribution in [2.24, 2.45) is 0 Å². The fourth-order valence-electron chi connectivity index (χ4n) is 2.59. The van der Waals surface area contributed by atoms with Crippen LogP contribution < -0.4 is 5.32 Å². The van der Waals surface area contributed by atoms with Crippen LogP contribution in [0.5, 0.6) is 0 Å². The first-order valence-electron chi connectivity index (χ1n) is 7.64. The van der Waals surface area contributed by atoms with Crippen molar-refractivity contribution in [3.8, 4) is 0 Å². The summed E-state index contributed by atoms with van der Waals surface area (Å²) in [6.45, 7) is 5.37. The standard InChI is InChI=1S/C16H20N4O5/c1-16(2,3)17-12(21)8-18(4)9-19-14(22)10-6-5-7-11(20(24)25)13(10)15(19)23/h5-7H,8-9H2,1-4H3,(H,17,21). The fourth-order valence-corrected chi connectivity index (χ4v) is 2.59. The molecule has 1 N–H and O–H groups in total. The van der Waals surface area contributed by atoms with E-state index in [2.05, 4.69) is 5.32 Å². The number of amides is 3. The van der Waals surface area contributed by atoms with Crippen molar-refractivity contribution in [1.82, 2.24) is 15.1 Å². The van der Waals surface area contributed by atoms with Crippen molar-refractivity contribution in [2.75, 3.05) is 20.3 Å². The van der Waals surface area contributed by atoms with Gasteiger partial charge in [-0.15, -0.1) is 0 Å². The van der Waals surface area contributed by atoms with Crippen LogP contribution in [0.15, 0.2) is 18.2 Å². The number of likely N-dealkylation sites (N-methyl/N-ethyl adjacent to an activating group) is 1. The summed E-state index contributed by atoms with van der Waals surface area (Å²) >= 11 is 0. The maximum Gasteiger partial charge on any atom is 0.282 e. The molecule has 0 atom stereocenters. The largest absolute Gasteiger partial charge is 0.350 e. The summed E-state index contributed by atoms with van der Waals surface area (Å²) in [7, 11) is 1.58. The van der Waals surface area contributed by atoms with Gasteiger partial charge in [0.1, 0.15) is 5.56 Å². The molecule has 3 amide bonds. The summed E-state index contributed by atoms with van der Waals surface area (Å²) in [4.78, 5) is 49.6. The number of nitro benzene ring substituents is 1. The highest BCUT2D eigenvalue weighted by atomic mass is 16.6. The van der Waals surface area contributed by atoms with Crippen LogP contribution in [-0.2, 0) is 4.79 Å². The van der Waals surface area contributed by atoms with Crippen molar-refractivity contribution in [2.45, 2.75) is 26.3 Å². The normalized spacial score (nSPS) is 14.0. The van der Waals surface area contributed by atoms with Gasteiger partial charge in [0.2, 0.25) is 5.91 Å². The van der Waals surface area contributed by atoms with Crippen LogP contribution in [0.2, 0.25) is 0 Å². The molecule has 0 radical (unpaired) electrons. The first-order valence-corrected chi connectivity index (χ1v) is 7.64. The zero-order chi connectivity index (χ0) is 18.9. The molecule has 9 heteroatoms. The molecule has 0 saturated heterocycles. The molecule has 2 rings (SSSR count). The molecular formula is C16H20N4O5.